The first-order valence-electron chi connectivity index (χ1n) is 5.52. The van der Waals surface area contributed by atoms with Gasteiger partial charge in [-0.05, 0) is 26.3 Å². The summed E-state index contributed by atoms with van der Waals surface area (Å²) in [5.74, 6) is 0.578. The summed E-state index contributed by atoms with van der Waals surface area (Å²) in [6.07, 6.45) is 2.34. The molecule has 16 heavy (non-hydrogen) atoms. The van der Waals surface area contributed by atoms with Crippen LogP contribution in [0.5, 0.6) is 5.88 Å². The zero-order chi connectivity index (χ0) is 11.5. The first-order chi connectivity index (χ1) is 7.72. The van der Waals surface area contributed by atoms with Gasteiger partial charge in [-0.1, -0.05) is 0 Å². The zero-order valence-corrected chi connectivity index (χ0v) is 9.66. The van der Waals surface area contributed by atoms with Crippen LogP contribution in [0.4, 0.5) is 0 Å². The summed E-state index contributed by atoms with van der Waals surface area (Å²) in [5, 5.41) is 16.5. The molecular formula is C11H16N4O. The molecule has 5 nitrogen and oxygen atoms in total. The van der Waals surface area contributed by atoms with E-state index >= 15 is 0 Å². The molecule has 0 amide bonds. The van der Waals surface area contributed by atoms with Crippen LogP contribution in [0.1, 0.15) is 24.1 Å². The summed E-state index contributed by atoms with van der Waals surface area (Å²) in [6, 6.07) is 2.54. The Morgan fingerprint density at radius 3 is 3.12 bits per heavy atom. The molecule has 0 radical (unpaired) electrons. The number of aromatic nitrogens is 2. The van der Waals surface area contributed by atoms with Crippen LogP contribution in [0.25, 0.3) is 0 Å². The molecule has 1 aliphatic rings. The molecule has 1 unspecified atom stereocenters. The Balaban J connectivity index is 2.06. The van der Waals surface area contributed by atoms with E-state index in [0.29, 0.717) is 24.1 Å². The van der Waals surface area contributed by atoms with Gasteiger partial charge in [0.05, 0.1) is 5.69 Å². The molecule has 0 aliphatic carbocycles. The van der Waals surface area contributed by atoms with E-state index < -0.39 is 0 Å². The van der Waals surface area contributed by atoms with Gasteiger partial charge >= 0.3 is 0 Å². The quantitative estimate of drug-likeness (QED) is 0.815. The Morgan fingerprint density at radius 1 is 1.69 bits per heavy atom. The van der Waals surface area contributed by atoms with Crippen molar-refractivity contribution in [1.82, 2.24) is 15.1 Å². The minimum atomic E-state index is 0.404. The molecule has 0 saturated carbocycles. The van der Waals surface area contributed by atoms with Gasteiger partial charge in [-0.25, -0.2) is 4.68 Å². The third kappa shape index (κ3) is 2.02. The molecule has 86 valence electrons. The molecule has 1 aromatic heterocycles. The van der Waals surface area contributed by atoms with Gasteiger partial charge in [0.15, 0.2) is 0 Å². The van der Waals surface area contributed by atoms with E-state index in [1.807, 2.05) is 6.92 Å². The van der Waals surface area contributed by atoms with Crippen molar-refractivity contribution in [3.05, 3.63) is 11.3 Å². The van der Waals surface area contributed by atoms with Crippen LogP contribution < -0.4 is 10.1 Å². The highest BCUT2D eigenvalue weighted by Crippen LogP contribution is 2.20. The molecule has 0 bridgehead atoms. The summed E-state index contributed by atoms with van der Waals surface area (Å²) in [4.78, 5) is 0. The summed E-state index contributed by atoms with van der Waals surface area (Å²) in [6.45, 7) is 3.48. The van der Waals surface area contributed by atoms with Crippen molar-refractivity contribution in [3.63, 3.8) is 0 Å². The van der Waals surface area contributed by atoms with Crippen molar-refractivity contribution >= 4 is 0 Å². The first-order valence-corrected chi connectivity index (χ1v) is 5.52. The van der Waals surface area contributed by atoms with Crippen LogP contribution in [0.2, 0.25) is 0 Å². The Labute approximate surface area is 95.0 Å². The molecule has 2 heterocycles. The Morgan fingerprint density at radius 2 is 2.50 bits per heavy atom. The third-order valence-corrected chi connectivity index (χ3v) is 2.86. The Kier molecular flexibility index (Phi) is 3.11. The average molecular weight is 220 g/mol. The number of nitrogens with one attached hydrogen (secondary N) is 1. The van der Waals surface area contributed by atoms with Gasteiger partial charge in [0.1, 0.15) is 18.2 Å². The molecule has 0 spiro atoms. The molecule has 1 saturated heterocycles. The van der Waals surface area contributed by atoms with E-state index in [1.54, 1.807) is 11.7 Å². The van der Waals surface area contributed by atoms with Gasteiger partial charge < -0.3 is 10.1 Å². The van der Waals surface area contributed by atoms with E-state index in [9.17, 15) is 0 Å². The minimum absolute atomic E-state index is 0.404. The molecular weight excluding hydrogens is 204 g/mol. The van der Waals surface area contributed by atoms with Gasteiger partial charge in [-0.3, -0.25) is 0 Å². The molecule has 1 N–H and O–H groups in total. The second kappa shape index (κ2) is 4.54. The number of rotatable bonds is 3. The highest BCUT2D eigenvalue weighted by Gasteiger charge is 2.18. The number of hydrogen-bond donors (Lipinski definition) is 1. The van der Waals surface area contributed by atoms with Crippen LogP contribution in [-0.4, -0.2) is 29.0 Å². The fraction of sp³-hybridized carbons (Fsp3) is 0.636. The molecule has 0 aromatic carbocycles. The van der Waals surface area contributed by atoms with Gasteiger partial charge in [0.2, 0.25) is 5.88 Å². The lowest BCUT2D eigenvalue weighted by molar-refractivity contribution is 0.255. The number of ether oxygens (including phenoxy) is 1. The predicted molar refractivity (Wildman–Crippen MR) is 59.2 cm³/mol. The highest BCUT2D eigenvalue weighted by molar-refractivity contribution is 5.41. The lowest BCUT2D eigenvalue weighted by Gasteiger charge is -2.12. The number of nitrogens with zero attached hydrogens (tertiary/aromatic N) is 3. The van der Waals surface area contributed by atoms with Gasteiger partial charge in [-0.15, -0.1) is 0 Å². The summed E-state index contributed by atoms with van der Waals surface area (Å²) in [5.41, 5.74) is 1.26. The lowest BCUT2D eigenvalue weighted by atomic mass is 10.2. The molecule has 1 atom stereocenters. The maximum Gasteiger partial charge on any atom is 0.230 e. The van der Waals surface area contributed by atoms with Crippen LogP contribution in [0.3, 0.4) is 0 Å². The maximum atomic E-state index is 9.01. The zero-order valence-electron chi connectivity index (χ0n) is 9.66. The van der Waals surface area contributed by atoms with Crippen LogP contribution in [0.15, 0.2) is 0 Å². The molecule has 5 heteroatoms. The van der Waals surface area contributed by atoms with E-state index in [0.717, 1.165) is 18.7 Å². The van der Waals surface area contributed by atoms with Crippen molar-refractivity contribution in [1.29, 1.82) is 5.26 Å². The Hall–Kier alpha value is -1.54. The molecule has 2 rings (SSSR count). The maximum absolute atomic E-state index is 9.01. The van der Waals surface area contributed by atoms with E-state index in [2.05, 4.69) is 16.5 Å². The van der Waals surface area contributed by atoms with Gasteiger partial charge in [0.25, 0.3) is 0 Å². The van der Waals surface area contributed by atoms with Gasteiger partial charge in [-0.2, -0.15) is 10.4 Å². The topological polar surface area (TPSA) is 62.9 Å². The molecule has 1 fully saturated rings. The van der Waals surface area contributed by atoms with Gasteiger partial charge in [0, 0.05) is 13.1 Å². The van der Waals surface area contributed by atoms with Crippen LogP contribution in [0, 0.1) is 18.3 Å². The first kappa shape index (κ1) is 11.0. The largest absolute Gasteiger partial charge is 0.475 e. The SMILES string of the molecule is Cc1nn(C)c(OCC2CCCN2)c1C#N. The number of nitriles is 1. The second-order valence-electron chi connectivity index (χ2n) is 4.11. The predicted octanol–water partition coefficient (Wildman–Crippen LogP) is 0.731. The van der Waals surface area contributed by atoms with E-state index in [1.165, 1.54) is 6.42 Å². The average Bonchev–Trinajstić information content (AvgIpc) is 2.83. The fourth-order valence-electron chi connectivity index (χ4n) is 2.01. The van der Waals surface area contributed by atoms with Crippen molar-refractivity contribution in [2.75, 3.05) is 13.2 Å². The van der Waals surface area contributed by atoms with Crippen molar-refractivity contribution in [2.24, 2.45) is 7.05 Å². The highest BCUT2D eigenvalue weighted by atomic mass is 16.5. The monoisotopic (exact) mass is 220 g/mol. The summed E-state index contributed by atoms with van der Waals surface area (Å²) >= 11 is 0. The number of hydrogen-bond acceptors (Lipinski definition) is 4. The van der Waals surface area contributed by atoms with Crippen LogP contribution in [-0.2, 0) is 7.05 Å². The summed E-state index contributed by atoms with van der Waals surface area (Å²) < 4.78 is 7.31. The molecule has 1 aromatic rings. The standard InChI is InChI=1S/C11H16N4O/c1-8-10(6-12)11(15(2)14-8)16-7-9-4-3-5-13-9/h9,13H,3-5,7H2,1-2H3. The third-order valence-electron chi connectivity index (χ3n) is 2.86. The van der Waals surface area contributed by atoms with Crippen molar-refractivity contribution in [3.8, 4) is 11.9 Å². The van der Waals surface area contributed by atoms with Crippen molar-refractivity contribution in [2.45, 2.75) is 25.8 Å². The van der Waals surface area contributed by atoms with Crippen molar-refractivity contribution < 1.29 is 4.74 Å². The number of aryl methyl sites for hydroxylation is 2. The lowest BCUT2D eigenvalue weighted by Crippen LogP contribution is -2.28. The molecule has 1 aliphatic heterocycles. The fourth-order valence-corrected chi connectivity index (χ4v) is 2.01. The second-order valence-corrected chi connectivity index (χ2v) is 4.11. The normalized spacial score (nSPS) is 19.7. The smallest absolute Gasteiger partial charge is 0.230 e. The van der Waals surface area contributed by atoms with E-state index in [4.69, 9.17) is 10.00 Å². The van der Waals surface area contributed by atoms with Crippen LogP contribution >= 0.6 is 0 Å². The summed E-state index contributed by atoms with van der Waals surface area (Å²) in [7, 11) is 1.80. The van der Waals surface area contributed by atoms with E-state index in [-0.39, 0.29) is 0 Å². The minimum Gasteiger partial charge on any atom is -0.475 e. The Bertz CT molecular complexity index is 412.